The van der Waals surface area contributed by atoms with Gasteiger partial charge in [-0.2, -0.15) is 0 Å². The number of ether oxygens (including phenoxy) is 1. The fraction of sp³-hybridized carbons (Fsp3) is 0.500. The van der Waals surface area contributed by atoms with Gasteiger partial charge in [0.2, 0.25) is 0 Å². The van der Waals surface area contributed by atoms with Crippen LogP contribution in [-0.4, -0.2) is 23.2 Å². The zero-order valence-corrected chi connectivity index (χ0v) is 8.43. The summed E-state index contributed by atoms with van der Waals surface area (Å²) < 4.78 is 7.41. The summed E-state index contributed by atoms with van der Waals surface area (Å²) in [5, 5.41) is 0. The molecule has 1 saturated heterocycles. The summed E-state index contributed by atoms with van der Waals surface area (Å²) >= 11 is 0. The van der Waals surface area contributed by atoms with Crippen LogP contribution in [-0.2, 0) is 16.1 Å². The Bertz CT molecular complexity index is 323. The second kappa shape index (κ2) is 4.46. The van der Waals surface area contributed by atoms with Gasteiger partial charge in [-0.25, -0.2) is 5.84 Å². The van der Waals surface area contributed by atoms with Crippen LogP contribution in [0.2, 0.25) is 0 Å². The van der Waals surface area contributed by atoms with E-state index in [0.29, 0.717) is 6.61 Å². The van der Waals surface area contributed by atoms with Gasteiger partial charge < -0.3 is 9.30 Å². The van der Waals surface area contributed by atoms with E-state index in [1.165, 1.54) is 0 Å². The Morgan fingerprint density at radius 2 is 2.27 bits per heavy atom. The summed E-state index contributed by atoms with van der Waals surface area (Å²) in [6, 6.07) is 3.93. The van der Waals surface area contributed by atoms with Gasteiger partial charge in [-0.3, -0.25) is 10.2 Å². The second-order valence-corrected chi connectivity index (χ2v) is 3.73. The monoisotopic (exact) mass is 209 g/mol. The van der Waals surface area contributed by atoms with Gasteiger partial charge in [0.1, 0.15) is 6.10 Å². The van der Waals surface area contributed by atoms with Crippen LogP contribution in [0.5, 0.6) is 0 Å². The number of aromatic nitrogens is 1. The van der Waals surface area contributed by atoms with Crippen molar-refractivity contribution in [2.45, 2.75) is 19.1 Å². The van der Waals surface area contributed by atoms with Gasteiger partial charge in [-0.15, -0.1) is 0 Å². The van der Waals surface area contributed by atoms with E-state index in [1.54, 1.807) is 0 Å². The molecule has 1 fully saturated rings. The summed E-state index contributed by atoms with van der Waals surface area (Å²) in [7, 11) is 0. The van der Waals surface area contributed by atoms with Crippen LogP contribution in [0.25, 0.3) is 0 Å². The third-order valence-corrected chi connectivity index (χ3v) is 2.73. The lowest BCUT2D eigenvalue weighted by atomic mass is 10.0. The van der Waals surface area contributed by atoms with Gasteiger partial charge in [0.15, 0.2) is 0 Å². The lowest BCUT2D eigenvalue weighted by Gasteiger charge is -2.17. The first-order valence-corrected chi connectivity index (χ1v) is 5.04. The number of hydrazine groups is 1. The van der Waals surface area contributed by atoms with Crippen molar-refractivity contribution in [2.75, 3.05) is 6.61 Å². The lowest BCUT2D eigenvalue weighted by Crippen LogP contribution is -2.42. The molecule has 3 N–H and O–H groups in total. The molecule has 2 heterocycles. The Morgan fingerprint density at radius 1 is 1.53 bits per heavy atom. The van der Waals surface area contributed by atoms with E-state index in [4.69, 9.17) is 10.6 Å². The average molecular weight is 209 g/mol. The third-order valence-electron chi connectivity index (χ3n) is 2.73. The number of hydrogen-bond acceptors (Lipinski definition) is 3. The maximum atomic E-state index is 11.4. The molecule has 5 nitrogen and oxygen atoms in total. The topological polar surface area (TPSA) is 69.3 Å². The molecule has 2 atom stereocenters. The molecule has 82 valence electrons. The molecule has 5 heteroatoms. The van der Waals surface area contributed by atoms with Gasteiger partial charge in [-0.05, 0) is 18.6 Å². The van der Waals surface area contributed by atoms with E-state index in [0.717, 1.165) is 13.0 Å². The van der Waals surface area contributed by atoms with Crippen LogP contribution in [0, 0.1) is 5.92 Å². The molecule has 1 aliphatic heterocycles. The van der Waals surface area contributed by atoms with Crippen molar-refractivity contribution >= 4 is 5.91 Å². The zero-order valence-electron chi connectivity index (χ0n) is 8.43. The Labute approximate surface area is 88.2 Å². The number of carbonyl (C=O) groups is 1. The molecular weight excluding hydrogens is 194 g/mol. The first kappa shape index (κ1) is 10.2. The van der Waals surface area contributed by atoms with Crippen molar-refractivity contribution in [1.29, 1.82) is 0 Å². The van der Waals surface area contributed by atoms with E-state index in [9.17, 15) is 4.79 Å². The molecule has 0 aromatic carbocycles. The minimum atomic E-state index is -0.405. The van der Waals surface area contributed by atoms with E-state index in [1.807, 2.05) is 24.5 Å². The van der Waals surface area contributed by atoms with Gasteiger partial charge in [0, 0.05) is 31.5 Å². The van der Waals surface area contributed by atoms with Crippen molar-refractivity contribution in [3.8, 4) is 0 Å². The fourth-order valence-corrected chi connectivity index (χ4v) is 1.96. The molecule has 1 aromatic rings. The first-order valence-electron chi connectivity index (χ1n) is 5.04. The van der Waals surface area contributed by atoms with Gasteiger partial charge in [0.25, 0.3) is 5.91 Å². The van der Waals surface area contributed by atoms with Crippen LogP contribution in [0.3, 0.4) is 0 Å². The van der Waals surface area contributed by atoms with Crippen molar-refractivity contribution in [1.82, 2.24) is 9.99 Å². The Balaban J connectivity index is 1.99. The molecular formula is C10H15N3O2. The maximum absolute atomic E-state index is 11.4. The Hall–Kier alpha value is -1.33. The molecule has 2 unspecified atom stereocenters. The molecule has 1 aromatic heterocycles. The highest BCUT2D eigenvalue weighted by Crippen LogP contribution is 2.22. The largest absolute Gasteiger partial charge is 0.368 e. The van der Waals surface area contributed by atoms with E-state index < -0.39 is 6.10 Å². The lowest BCUT2D eigenvalue weighted by molar-refractivity contribution is -0.132. The number of carbonyl (C=O) groups excluding carboxylic acids is 1. The molecule has 1 amide bonds. The molecule has 0 radical (unpaired) electrons. The van der Waals surface area contributed by atoms with E-state index in [-0.39, 0.29) is 11.8 Å². The standard InChI is InChI=1S/C10H15N3O2/c11-12-10(14)9-8(3-6-15-9)7-13-4-1-2-5-13/h1-2,4-5,8-9H,3,6-7,11H2,(H,12,14). The minimum absolute atomic E-state index is 0.209. The number of hydrogen-bond donors (Lipinski definition) is 2. The average Bonchev–Trinajstić information content (AvgIpc) is 2.88. The Morgan fingerprint density at radius 3 is 2.93 bits per heavy atom. The van der Waals surface area contributed by atoms with E-state index >= 15 is 0 Å². The SMILES string of the molecule is NNC(=O)C1OCCC1Cn1cccc1. The van der Waals surface area contributed by atoms with Crippen LogP contribution in [0.15, 0.2) is 24.5 Å². The second-order valence-electron chi connectivity index (χ2n) is 3.73. The number of rotatable bonds is 3. The fourth-order valence-electron chi connectivity index (χ4n) is 1.96. The molecule has 2 rings (SSSR count). The quantitative estimate of drug-likeness (QED) is 0.414. The van der Waals surface area contributed by atoms with Crippen molar-refractivity contribution in [3.63, 3.8) is 0 Å². The third kappa shape index (κ3) is 2.19. The highest BCUT2D eigenvalue weighted by molar-refractivity contribution is 5.80. The normalized spacial score (nSPS) is 25.4. The van der Waals surface area contributed by atoms with Gasteiger partial charge >= 0.3 is 0 Å². The molecule has 0 bridgehead atoms. The maximum Gasteiger partial charge on any atom is 0.263 e. The first-order chi connectivity index (χ1) is 7.31. The Kier molecular flexibility index (Phi) is 3.03. The predicted octanol–water partition coefficient (Wildman–Crippen LogP) is -0.117. The van der Waals surface area contributed by atoms with Crippen molar-refractivity contribution in [3.05, 3.63) is 24.5 Å². The molecule has 15 heavy (non-hydrogen) atoms. The highest BCUT2D eigenvalue weighted by Gasteiger charge is 2.33. The smallest absolute Gasteiger partial charge is 0.263 e. The van der Waals surface area contributed by atoms with E-state index in [2.05, 4.69) is 9.99 Å². The van der Waals surface area contributed by atoms with Crippen LogP contribution >= 0.6 is 0 Å². The summed E-state index contributed by atoms with van der Waals surface area (Å²) in [4.78, 5) is 11.4. The predicted molar refractivity (Wildman–Crippen MR) is 54.6 cm³/mol. The van der Waals surface area contributed by atoms with Crippen LogP contribution in [0.4, 0.5) is 0 Å². The summed E-state index contributed by atoms with van der Waals surface area (Å²) in [6.45, 7) is 1.43. The van der Waals surface area contributed by atoms with Gasteiger partial charge in [0.05, 0.1) is 0 Å². The van der Waals surface area contributed by atoms with Crippen LogP contribution in [0.1, 0.15) is 6.42 Å². The van der Waals surface area contributed by atoms with Crippen molar-refractivity contribution < 1.29 is 9.53 Å². The number of nitrogens with one attached hydrogen (secondary N) is 1. The molecule has 0 spiro atoms. The van der Waals surface area contributed by atoms with Crippen molar-refractivity contribution in [2.24, 2.45) is 11.8 Å². The summed E-state index contributed by atoms with van der Waals surface area (Å²) in [5.74, 6) is 5.08. The number of amides is 1. The summed E-state index contributed by atoms with van der Waals surface area (Å²) in [5.41, 5.74) is 2.14. The number of nitrogens with zero attached hydrogens (tertiary/aromatic N) is 1. The molecule has 1 aliphatic rings. The molecule has 0 saturated carbocycles. The molecule has 0 aliphatic carbocycles. The number of nitrogens with two attached hydrogens (primary N) is 1. The van der Waals surface area contributed by atoms with Gasteiger partial charge in [-0.1, -0.05) is 0 Å². The minimum Gasteiger partial charge on any atom is -0.368 e. The van der Waals surface area contributed by atoms with Crippen LogP contribution < -0.4 is 11.3 Å². The summed E-state index contributed by atoms with van der Waals surface area (Å²) in [6.07, 6.45) is 4.46. The zero-order chi connectivity index (χ0) is 10.7. The highest BCUT2D eigenvalue weighted by atomic mass is 16.5.